The second-order valence-electron chi connectivity index (χ2n) is 5.62. The van der Waals surface area contributed by atoms with Gasteiger partial charge in [0.2, 0.25) is 0 Å². The largest absolute Gasteiger partial charge is 0.356 e. The van der Waals surface area contributed by atoms with E-state index >= 15 is 0 Å². The Labute approximate surface area is 109 Å². The first-order valence-corrected chi connectivity index (χ1v) is 7.15. The molecule has 0 saturated carbocycles. The molecule has 1 atom stereocenters. The monoisotopic (exact) mass is 246 g/mol. The molecule has 0 radical (unpaired) electrons. The quantitative estimate of drug-likeness (QED) is 0.801. The zero-order valence-electron chi connectivity index (χ0n) is 11.2. The molecular weight excluding hydrogens is 224 g/mol. The number of anilines is 2. The zero-order chi connectivity index (χ0) is 12.4. The van der Waals surface area contributed by atoms with Gasteiger partial charge in [0.1, 0.15) is 18.0 Å². The third kappa shape index (κ3) is 2.42. The van der Waals surface area contributed by atoms with Crippen LogP contribution >= 0.6 is 0 Å². The van der Waals surface area contributed by atoms with E-state index in [1.165, 1.54) is 25.7 Å². The van der Waals surface area contributed by atoms with Crippen LogP contribution in [0.25, 0.3) is 0 Å². The fourth-order valence-corrected chi connectivity index (χ4v) is 3.03. The molecule has 3 heterocycles. The van der Waals surface area contributed by atoms with E-state index in [2.05, 4.69) is 32.8 Å². The van der Waals surface area contributed by atoms with Gasteiger partial charge in [0.15, 0.2) is 0 Å². The zero-order valence-corrected chi connectivity index (χ0v) is 11.2. The van der Waals surface area contributed by atoms with Crippen molar-refractivity contribution in [3.05, 3.63) is 12.4 Å². The van der Waals surface area contributed by atoms with Crippen molar-refractivity contribution in [1.82, 2.24) is 9.97 Å². The third-order valence-corrected chi connectivity index (χ3v) is 4.05. The molecule has 2 saturated heterocycles. The van der Waals surface area contributed by atoms with Gasteiger partial charge in [-0.15, -0.1) is 0 Å². The van der Waals surface area contributed by atoms with E-state index in [0.717, 1.165) is 43.7 Å². The van der Waals surface area contributed by atoms with Crippen LogP contribution in [0.1, 0.15) is 32.6 Å². The summed E-state index contributed by atoms with van der Waals surface area (Å²) in [4.78, 5) is 13.7. The average molecular weight is 246 g/mol. The Bertz CT molecular complexity index is 401. The maximum atomic E-state index is 4.46. The third-order valence-electron chi connectivity index (χ3n) is 4.05. The first-order chi connectivity index (χ1) is 8.83. The highest BCUT2D eigenvalue weighted by molar-refractivity contribution is 5.50. The van der Waals surface area contributed by atoms with Crippen molar-refractivity contribution in [2.45, 2.75) is 32.6 Å². The van der Waals surface area contributed by atoms with Gasteiger partial charge >= 0.3 is 0 Å². The highest BCUT2D eigenvalue weighted by Gasteiger charge is 2.19. The highest BCUT2D eigenvalue weighted by Crippen LogP contribution is 2.24. The number of aromatic nitrogens is 2. The highest BCUT2D eigenvalue weighted by atomic mass is 15.2. The Morgan fingerprint density at radius 2 is 1.67 bits per heavy atom. The van der Waals surface area contributed by atoms with Gasteiger partial charge in [-0.1, -0.05) is 6.92 Å². The Hall–Kier alpha value is -1.32. The van der Waals surface area contributed by atoms with Gasteiger partial charge in [0.25, 0.3) is 0 Å². The number of rotatable bonds is 2. The van der Waals surface area contributed by atoms with Gasteiger partial charge in [0, 0.05) is 32.2 Å². The molecule has 1 aromatic heterocycles. The van der Waals surface area contributed by atoms with Crippen LogP contribution in [0.15, 0.2) is 12.4 Å². The van der Waals surface area contributed by atoms with Crippen molar-refractivity contribution in [3.8, 4) is 0 Å². The maximum absolute atomic E-state index is 4.46. The summed E-state index contributed by atoms with van der Waals surface area (Å²) in [6.45, 7) is 6.89. The topological polar surface area (TPSA) is 32.3 Å². The van der Waals surface area contributed by atoms with Crippen molar-refractivity contribution >= 4 is 11.6 Å². The Kier molecular flexibility index (Phi) is 3.35. The Morgan fingerprint density at radius 1 is 1.00 bits per heavy atom. The van der Waals surface area contributed by atoms with E-state index in [-0.39, 0.29) is 0 Å². The van der Waals surface area contributed by atoms with E-state index < -0.39 is 0 Å². The van der Waals surface area contributed by atoms with Crippen LogP contribution in [0.2, 0.25) is 0 Å². The molecule has 0 aliphatic carbocycles. The molecule has 2 fully saturated rings. The summed E-state index contributed by atoms with van der Waals surface area (Å²) in [6, 6.07) is 2.17. The normalized spacial score (nSPS) is 24.6. The lowest BCUT2D eigenvalue weighted by Gasteiger charge is -2.32. The van der Waals surface area contributed by atoms with E-state index in [4.69, 9.17) is 0 Å². The molecule has 0 N–H and O–H groups in total. The molecule has 18 heavy (non-hydrogen) atoms. The molecule has 4 nitrogen and oxygen atoms in total. The van der Waals surface area contributed by atoms with E-state index in [9.17, 15) is 0 Å². The number of hydrogen-bond acceptors (Lipinski definition) is 4. The summed E-state index contributed by atoms with van der Waals surface area (Å²) in [7, 11) is 0. The van der Waals surface area contributed by atoms with Crippen molar-refractivity contribution in [2.24, 2.45) is 5.92 Å². The minimum Gasteiger partial charge on any atom is -0.356 e. The Balaban J connectivity index is 1.77. The second-order valence-corrected chi connectivity index (χ2v) is 5.62. The maximum Gasteiger partial charge on any atom is 0.134 e. The minimum atomic E-state index is 0.781. The van der Waals surface area contributed by atoms with Gasteiger partial charge in [-0.25, -0.2) is 9.97 Å². The molecule has 0 aromatic carbocycles. The van der Waals surface area contributed by atoms with E-state index in [0.29, 0.717) is 0 Å². The summed E-state index contributed by atoms with van der Waals surface area (Å²) in [5.74, 6) is 3.00. The predicted octanol–water partition coefficient (Wildman–Crippen LogP) is 2.31. The fraction of sp³-hybridized carbons (Fsp3) is 0.714. The molecule has 2 aliphatic heterocycles. The lowest BCUT2D eigenvalue weighted by molar-refractivity contribution is 0.444. The van der Waals surface area contributed by atoms with Crippen molar-refractivity contribution in [1.29, 1.82) is 0 Å². The first-order valence-electron chi connectivity index (χ1n) is 7.15. The smallest absolute Gasteiger partial charge is 0.134 e. The molecule has 98 valence electrons. The number of nitrogens with zero attached hydrogens (tertiary/aromatic N) is 4. The lowest BCUT2D eigenvalue weighted by atomic mass is 10.0. The molecule has 0 unspecified atom stereocenters. The fourth-order valence-electron chi connectivity index (χ4n) is 3.03. The molecule has 3 rings (SSSR count). The van der Waals surface area contributed by atoms with Crippen molar-refractivity contribution in [2.75, 3.05) is 36.0 Å². The Morgan fingerprint density at radius 3 is 2.39 bits per heavy atom. The standard InChI is InChI=1S/C14H22N4/c1-12-5-4-8-18(10-12)14-9-13(15-11-16-14)17-6-2-3-7-17/h9,11-12H,2-8,10H2,1H3/t12-/m0/s1. The van der Waals surface area contributed by atoms with Crippen LogP contribution < -0.4 is 9.80 Å². The van der Waals surface area contributed by atoms with Crippen LogP contribution in [-0.2, 0) is 0 Å². The average Bonchev–Trinajstić information content (AvgIpc) is 2.93. The molecule has 1 aromatic rings. The first kappa shape index (κ1) is 11.8. The summed E-state index contributed by atoms with van der Waals surface area (Å²) >= 11 is 0. The van der Waals surface area contributed by atoms with Crippen molar-refractivity contribution in [3.63, 3.8) is 0 Å². The van der Waals surface area contributed by atoms with Gasteiger partial charge in [-0.05, 0) is 31.6 Å². The molecule has 4 heteroatoms. The number of piperidine rings is 1. The van der Waals surface area contributed by atoms with E-state index in [1.807, 2.05) is 0 Å². The SMILES string of the molecule is C[C@H]1CCCN(c2cc(N3CCCC3)ncn2)C1. The van der Waals surface area contributed by atoms with Crippen LogP contribution in [0, 0.1) is 5.92 Å². The minimum absolute atomic E-state index is 0.781. The van der Waals surface area contributed by atoms with Gasteiger partial charge < -0.3 is 9.80 Å². The molecule has 0 bridgehead atoms. The predicted molar refractivity (Wildman–Crippen MR) is 74.1 cm³/mol. The van der Waals surface area contributed by atoms with Crippen LogP contribution in [0.5, 0.6) is 0 Å². The van der Waals surface area contributed by atoms with Gasteiger partial charge in [-0.3, -0.25) is 0 Å². The van der Waals surface area contributed by atoms with Gasteiger partial charge in [0.05, 0.1) is 0 Å². The van der Waals surface area contributed by atoms with Gasteiger partial charge in [-0.2, -0.15) is 0 Å². The summed E-state index contributed by atoms with van der Waals surface area (Å²) in [5, 5.41) is 0. The van der Waals surface area contributed by atoms with Crippen LogP contribution in [0.4, 0.5) is 11.6 Å². The van der Waals surface area contributed by atoms with Crippen molar-refractivity contribution < 1.29 is 0 Å². The van der Waals surface area contributed by atoms with E-state index in [1.54, 1.807) is 6.33 Å². The lowest BCUT2D eigenvalue weighted by Crippen LogP contribution is -2.35. The molecule has 2 aliphatic rings. The summed E-state index contributed by atoms with van der Waals surface area (Å²) in [6.07, 6.45) is 6.94. The molecular formula is C14H22N4. The van der Waals surface area contributed by atoms with Crippen LogP contribution in [-0.4, -0.2) is 36.1 Å². The number of hydrogen-bond donors (Lipinski definition) is 0. The molecule has 0 spiro atoms. The summed E-state index contributed by atoms with van der Waals surface area (Å²) < 4.78 is 0. The summed E-state index contributed by atoms with van der Waals surface area (Å²) in [5.41, 5.74) is 0. The second kappa shape index (κ2) is 5.12. The molecule has 0 amide bonds. The van der Waals surface area contributed by atoms with Crippen LogP contribution in [0.3, 0.4) is 0 Å².